The van der Waals surface area contributed by atoms with E-state index in [1.165, 1.54) is 12.1 Å². The number of ether oxygens (including phenoxy) is 1. The van der Waals surface area contributed by atoms with Gasteiger partial charge in [0.05, 0.1) is 4.92 Å². The molecule has 0 bridgehead atoms. The van der Waals surface area contributed by atoms with E-state index in [0.29, 0.717) is 11.7 Å². The fraction of sp³-hybridized carbons (Fsp3) is 0.0769. The molecule has 2 heterocycles. The Bertz CT molecular complexity index is 752. The number of aromatic nitrogens is 3. The molecule has 0 aliphatic carbocycles. The smallest absolute Gasteiger partial charge is 0.321 e. The summed E-state index contributed by atoms with van der Waals surface area (Å²) < 4.78 is 7.29. The van der Waals surface area contributed by atoms with Crippen molar-refractivity contribution < 1.29 is 9.66 Å². The highest BCUT2D eigenvalue weighted by molar-refractivity contribution is 5.38. The van der Waals surface area contributed by atoms with Gasteiger partial charge in [-0.3, -0.25) is 14.5 Å². The molecule has 20 heavy (non-hydrogen) atoms. The number of non-ortho nitro benzene ring substituents is 1. The number of nitrogens with zero attached hydrogens (tertiary/aromatic N) is 4. The summed E-state index contributed by atoms with van der Waals surface area (Å²) in [7, 11) is 0. The summed E-state index contributed by atoms with van der Waals surface area (Å²) in [6.07, 6.45) is 1.81. The van der Waals surface area contributed by atoms with Crippen molar-refractivity contribution in [3.8, 4) is 6.01 Å². The van der Waals surface area contributed by atoms with Gasteiger partial charge in [-0.2, -0.15) is 0 Å². The van der Waals surface area contributed by atoms with Crippen LogP contribution in [0.5, 0.6) is 6.01 Å². The lowest BCUT2D eigenvalue weighted by molar-refractivity contribution is -0.384. The lowest BCUT2D eigenvalue weighted by atomic mass is 10.2. The average molecular weight is 270 g/mol. The van der Waals surface area contributed by atoms with Crippen LogP contribution in [0.1, 0.15) is 5.56 Å². The van der Waals surface area contributed by atoms with Crippen LogP contribution in [0.2, 0.25) is 0 Å². The number of rotatable bonds is 4. The van der Waals surface area contributed by atoms with Gasteiger partial charge in [0, 0.05) is 18.3 Å². The molecular formula is C13H10N4O3. The summed E-state index contributed by atoms with van der Waals surface area (Å²) in [5.41, 5.74) is 1.58. The number of hydrogen-bond donors (Lipinski definition) is 0. The molecule has 0 amide bonds. The summed E-state index contributed by atoms with van der Waals surface area (Å²) in [6, 6.07) is 12.1. The summed E-state index contributed by atoms with van der Waals surface area (Å²) in [6.45, 7) is 0.272. The van der Waals surface area contributed by atoms with Crippen molar-refractivity contribution in [1.29, 1.82) is 0 Å². The minimum atomic E-state index is -0.434. The Hall–Kier alpha value is -2.96. The van der Waals surface area contributed by atoms with Crippen molar-refractivity contribution in [1.82, 2.24) is 14.6 Å². The van der Waals surface area contributed by atoms with E-state index >= 15 is 0 Å². The van der Waals surface area contributed by atoms with E-state index in [9.17, 15) is 10.1 Å². The zero-order valence-electron chi connectivity index (χ0n) is 10.3. The summed E-state index contributed by atoms with van der Waals surface area (Å²) in [4.78, 5) is 10.1. The van der Waals surface area contributed by atoms with Crippen LogP contribution < -0.4 is 4.74 Å². The van der Waals surface area contributed by atoms with E-state index in [2.05, 4.69) is 10.2 Å². The lowest BCUT2D eigenvalue weighted by Crippen LogP contribution is -1.99. The van der Waals surface area contributed by atoms with Gasteiger partial charge in [-0.05, 0) is 29.8 Å². The Morgan fingerprint density at radius 2 is 1.95 bits per heavy atom. The van der Waals surface area contributed by atoms with Gasteiger partial charge >= 0.3 is 6.01 Å². The number of benzene rings is 1. The predicted octanol–water partition coefficient (Wildman–Crippen LogP) is 2.22. The number of hydrogen-bond acceptors (Lipinski definition) is 5. The number of nitro groups is 1. The molecule has 7 nitrogen and oxygen atoms in total. The summed E-state index contributed by atoms with van der Waals surface area (Å²) in [5.74, 6) is 0. The third-order valence-corrected chi connectivity index (χ3v) is 2.80. The first-order valence-corrected chi connectivity index (χ1v) is 5.90. The minimum Gasteiger partial charge on any atom is -0.458 e. The molecular weight excluding hydrogens is 260 g/mol. The average Bonchev–Trinajstić information content (AvgIpc) is 2.89. The quantitative estimate of drug-likeness (QED) is 0.536. The van der Waals surface area contributed by atoms with E-state index in [4.69, 9.17) is 4.74 Å². The largest absolute Gasteiger partial charge is 0.458 e. The van der Waals surface area contributed by atoms with Crippen molar-refractivity contribution in [2.24, 2.45) is 0 Å². The number of fused-ring (bicyclic) bond motifs is 1. The molecule has 1 aromatic carbocycles. The van der Waals surface area contributed by atoms with Crippen molar-refractivity contribution in [2.75, 3.05) is 0 Å². The summed E-state index contributed by atoms with van der Waals surface area (Å²) in [5, 5.41) is 18.5. The molecule has 100 valence electrons. The third-order valence-electron chi connectivity index (χ3n) is 2.80. The van der Waals surface area contributed by atoms with Crippen LogP contribution in [0.4, 0.5) is 5.69 Å². The predicted molar refractivity (Wildman–Crippen MR) is 70.4 cm³/mol. The Balaban J connectivity index is 1.74. The van der Waals surface area contributed by atoms with Gasteiger partial charge in [0.25, 0.3) is 5.69 Å². The molecule has 3 aromatic rings. The SMILES string of the molecule is O=[N+]([O-])c1ccc(COc2nnc3ccccn23)cc1. The van der Waals surface area contributed by atoms with Crippen LogP contribution in [-0.2, 0) is 6.61 Å². The van der Waals surface area contributed by atoms with Crippen molar-refractivity contribution >= 4 is 11.3 Å². The maximum atomic E-state index is 10.6. The molecule has 0 aliphatic heterocycles. The fourth-order valence-electron chi connectivity index (χ4n) is 1.78. The second-order valence-electron chi connectivity index (χ2n) is 4.12. The monoisotopic (exact) mass is 270 g/mol. The molecule has 0 spiro atoms. The first kappa shape index (κ1) is 12.1. The van der Waals surface area contributed by atoms with Gasteiger partial charge in [-0.1, -0.05) is 11.2 Å². The van der Waals surface area contributed by atoms with Crippen LogP contribution in [0.3, 0.4) is 0 Å². The molecule has 3 rings (SSSR count). The molecule has 0 saturated carbocycles. The first-order valence-electron chi connectivity index (χ1n) is 5.90. The lowest BCUT2D eigenvalue weighted by Gasteiger charge is -2.03. The van der Waals surface area contributed by atoms with E-state index in [-0.39, 0.29) is 12.3 Å². The number of pyridine rings is 1. The highest BCUT2D eigenvalue weighted by atomic mass is 16.6. The maximum Gasteiger partial charge on any atom is 0.321 e. The maximum absolute atomic E-state index is 10.6. The molecule has 0 fully saturated rings. The van der Waals surface area contributed by atoms with Crippen LogP contribution in [0.15, 0.2) is 48.7 Å². The van der Waals surface area contributed by atoms with E-state index < -0.39 is 4.92 Å². The molecule has 0 N–H and O–H groups in total. The third kappa shape index (κ3) is 2.28. The van der Waals surface area contributed by atoms with Gasteiger partial charge in [-0.25, -0.2) is 0 Å². The molecule has 0 atom stereocenters. The molecule has 2 aromatic heterocycles. The summed E-state index contributed by atoms with van der Waals surface area (Å²) >= 11 is 0. The van der Waals surface area contributed by atoms with E-state index in [0.717, 1.165) is 5.56 Å². The van der Waals surface area contributed by atoms with Crippen molar-refractivity contribution in [3.63, 3.8) is 0 Å². The highest BCUT2D eigenvalue weighted by Gasteiger charge is 2.07. The number of nitro benzene ring substituents is 1. The molecule has 7 heteroatoms. The molecule has 0 aliphatic rings. The zero-order chi connectivity index (χ0) is 13.9. The van der Waals surface area contributed by atoms with Crippen LogP contribution >= 0.6 is 0 Å². The van der Waals surface area contributed by atoms with Gasteiger partial charge < -0.3 is 4.74 Å². The van der Waals surface area contributed by atoms with E-state index in [1.807, 2.05) is 18.2 Å². The van der Waals surface area contributed by atoms with Gasteiger partial charge in [0.1, 0.15) is 6.61 Å². The van der Waals surface area contributed by atoms with E-state index in [1.54, 1.807) is 22.7 Å². The van der Waals surface area contributed by atoms with Crippen molar-refractivity contribution in [3.05, 3.63) is 64.3 Å². The minimum absolute atomic E-state index is 0.0571. The molecule has 0 radical (unpaired) electrons. The van der Waals surface area contributed by atoms with Gasteiger partial charge in [0.15, 0.2) is 5.65 Å². The van der Waals surface area contributed by atoms with Gasteiger partial charge in [0.2, 0.25) is 0 Å². The fourth-order valence-corrected chi connectivity index (χ4v) is 1.78. The Labute approximate surface area is 113 Å². The Kier molecular flexibility index (Phi) is 3.00. The normalized spacial score (nSPS) is 10.6. The second kappa shape index (κ2) is 4.96. The van der Waals surface area contributed by atoms with Crippen LogP contribution in [0.25, 0.3) is 5.65 Å². The van der Waals surface area contributed by atoms with Crippen molar-refractivity contribution in [2.45, 2.75) is 6.61 Å². The standard InChI is InChI=1S/C13H10N4O3/c18-17(19)11-6-4-10(5-7-11)9-20-13-15-14-12-3-1-2-8-16(12)13/h1-8H,9H2. The highest BCUT2D eigenvalue weighted by Crippen LogP contribution is 2.15. The molecule has 0 unspecified atom stereocenters. The Morgan fingerprint density at radius 3 is 2.70 bits per heavy atom. The first-order chi connectivity index (χ1) is 9.74. The van der Waals surface area contributed by atoms with Crippen LogP contribution in [-0.4, -0.2) is 19.5 Å². The second-order valence-corrected chi connectivity index (χ2v) is 4.12. The molecule has 0 saturated heterocycles. The van der Waals surface area contributed by atoms with Crippen LogP contribution in [0, 0.1) is 10.1 Å². The topological polar surface area (TPSA) is 82.6 Å². The zero-order valence-corrected chi connectivity index (χ0v) is 10.3. The van der Waals surface area contributed by atoms with Gasteiger partial charge in [-0.15, -0.1) is 5.10 Å². The Morgan fingerprint density at radius 1 is 1.15 bits per heavy atom.